The fourth-order valence-electron chi connectivity index (χ4n) is 3.64. The first-order valence-corrected chi connectivity index (χ1v) is 9.97. The smallest absolute Gasteiger partial charge is 0.309 e. The maximum absolute atomic E-state index is 13.7. The first kappa shape index (κ1) is 20.4. The molecule has 1 N–H and O–H groups in total. The van der Waals surface area contributed by atoms with E-state index < -0.39 is 17.6 Å². The van der Waals surface area contributed by atoms with Crippen LogP contribution in [0.1, 0.15) is 54.7 Å². The second-order valence-electron chi connectivity index (χ2n) is 7.75. The third kappa shape index (κ3) is 3.90. The van der Waals surface area contributed by atoms with Crippen LogP contribution >= 0.6 is 0 Å². The SMILES string of the molecule is CCCn1nc(C)cc1NC(=O)Cn1nc(C)c2c(C(F)(F)F)cc(C3CC3)nc21. The average Bonchev–Trinajstić information content (AvgIpc) is 3.38. The van der Waals surface area contributed by atoms with Crippen molar-refractivity contribution in [3.8, 4) is 0 Å². The Hall–Kier alpha value is -2.91. The lowest BCUT2D eigenvalue weighted by Gasteiger charge is -2.11. The lowest BCUT2D eigenvalue weighted by molar-refractivity contribution is -0.136. The molecule has 1 amide bonds. The summed E-state index contributed by atoms with van der Waals surface area (Å²) in [5.74, 6) is 0.193. The van der Waals surface area contributed by atoms with Gasteiger partial charge in [-0.3, -0.25) is 4.79 Å². The summed E-state index contributed by atoms with van der Waals surface area (Å²) in [7, 11) is 0. The Morgan fingerprint density at radius 3 is 2.57 bits per heavy atom. The van der Waals surface area contributed by atoms with Gasteiger partial charge in [-0.2, -0.15) is 23.4 Å². The number of aryl methyl sites for hydroxylation is 3. The summed E-state index contributed by atoms with van der Waals surface area (Å²) in [5.41, 5.74) is 0.734. The average molecular weight is 420 g/mol. The van der Waals surface area contributed by atoms with Crippen molar-refractivity contribution < 1.29 is 18.0 Å². The maximum Gasteiger partial charge on any atom is 0.417 e. The summed E-state index contributed by atoms with van der Waals surface area (Å²) in [5, 5.41) is 11.3. The first-order valence-electron chi connectivity index (χ1n) is 9.97. The number of hydrogen-bond donors (Lipinski definition) is 1. The summed E-state index contributed by atoms with van der Waals surface area (Å²) in [6.07, 6.45) is -2.02. The Morgan fingerprint density at radius 1 is 1.20 bits per heavy atom. The molecule has 1 aliphatic carbocycles. The number of fused-ring (bicyclic) bond motifs is 1. The van der Waals surface area contributed by atoms with E-state index in [0.717, 1.165) is 31.0 Å². The second-order valence-corrected chi connectivity index (χ2v) is 7.75. The van der Waals surface area contributed by atoms with E-state index in [9.17, 15) is 18.0 Å². The van der Waals surface area contributed by atoms with Gasteiger partial charge in [0.25, 0.3) is 0 Å². The monoisotopic (exact) mass is 420 g/mol. The van der Waals surface area contributed by atoms with Crippen LogP contribution in [0.5, 0.6) is 0 Å². The van der Waals surface area contributed by atoms with Crippen molar-refractivity contribution in [1.29, 1.82) is 0 Å². The van der Waals surface area contributed by atoms with Gasteiger partial charge in [0.15, 0.2) is 5.65 Å². The van der Waals surface area contributed by atoms with Crippen LogP contribution in [0.4, 0.5) is 19.0 Å². The van der Waals surface area contributed by atoms with Crippen LogP contribution in [0, 0.1) is 13.8 Å². The molecule has 160 valence electrons. The van der Waals surface area contributed by atoms with Crippen LogP contribution in [-0.2, 0) is 24.1 Å². The zero-order valence-corrected chi connectivity index (χ0v) is 17.0. The summed E-state index contributed by atoms with van der Waals surface area (Å²) in [4.78, 5) is 17.1. The molecule has 0 aromatic carbocycles. The lowest BCUT2D eigenvalue weighted by Crippen LogP contribution is -2.22. The molecule has 1 saturated carbocycles. The van der Waals surface area contributed by atoms with Gasteiger partial charge in [0.2, 0.25) is 5.91 Å². The molecule has 0 bridgehead atoms. The van der Waals surface area contributed by atoms with Crippen molar-refractivity contribution in [1.82, 2.24) is 24.5 Å². The highest BCUT2D eigenvalue weighted by Gasteiger charge is 2.37. The Morgan fingerprint density at radius 2 is 1.93 bits per heavy atom. The minimum atomic E-state index is -4.52. The van der Waals surface area contributed by atoms with Crippen LogP contribution < -0.4 is 5.32 Å². The minimum Gasteiger partial charge on any atom is -0.309 e. The van der Waals surface area contributed by atoms with Gasteiger partial charge in [0.05, 0.1) is 22.3 Å². The normalized spacial score (nSPS) is 14.5. The van der Waals surface area contributed by atoms with Gasteiger partial charge in [0, 0.05) is 24.2 Å². The standard InChI is InChI=1S/C20H23F3N6O/c1-4-7-28-16(8-11(2)26-28)25-17(30)10-29-19-18(12(3)27-29)14(20(21,22)23)9-15(24-19)13-5-6-13/h8-9,13H,4-7,10H2,1-3H3,(H,25,30). The van der Waals surface area contributed by atoms with E-state index in [4.69, 9.17) is 0 Å². The Bertz CT molecular complexity index is 1110. The molecule has 0 aliphatic heterocycles. The van der Waals surface area contributed by atoms with Crippen LogP contribution in [0.25, 0.3) is 11.0 Å². The number of aromatic nitrogens is 5. The molecule has 3 heterocycles. The molecule has 4 rings (SSSR count). The number of amides is 1. The zero-order valence-electron chi connectivity index (χ0n) is 17.0. The van der Waals surface area contributed by atoms with E-state index in [-0.39, 0.29) is 29.2 Å². The topological polar surface area (TPSA) is 77.6 Å². The zero-order chi connectivity index (χ0) is 21.6. The van der Waals surface area contributed by atoms with Crippen molar-refractivity contribution >= 4 is 22.8 Å². The molecule has 1 fully saturated rings. The van der Waals surface area contributed by atoms with Crippen molar-refractivity contribution in [3.05, 3.63) is 34.8 Å². The molecular weight excluding hydrogens is 397 g/mol. The predicted molar refractivity (Wildman–Crippen MR) is 105 cm³/mol. The van der Waals surface area contributed by atoms with Gasteiger partial charge in [-0.25, -0.2) is 14.3 Å². The summed E-state index contributed by atoms with van der Waals surface area (Å²) >= 11 is 0. The largest absolute Gasteiger partial charge is 0.417 e. The number of carbonyl (C=O) groups is 1. The lowest BCUT2D eigenvalue weighted by atomic mass is 10.1. The number of rotatable bonds is 6. The molecule has 0 unspecified atom stereocenters. The number of nitrogens with zero attached hydrogens (tertiary/aromatic N) is 5. The molecular formula is C20H23F3N6O. The van der Waals surface area contributed by atoms with E-state index in [1.807, 2.05) is 13.8 Å². The molecule has 0 spiro atoms. The maximum atomic E-state index is 13.7. The third-order valence-electron chi connectivity index (χ3n) is 5.10. The summed E-state index contributed by atoms with van der Waals surface area (Å²) < 4.78 is 44.0. The summed E-state index contributed by atoms with van der Waals surface area (Å²) in [6.45, 7) is 5.74. The minimum absolute atomic E-state index is 0.0411. The Balaban J connectivity index is 1.68. The van der Waals surface area contributed by atoms with Gasteiger partial charge >= 0.3 is 6.18 Å². The van der Waals surface area contributed by atoms with Crippen LogP contribution in [-0.4, -0.2) is 30.5 Å². The molecule has 10 heteroatoms. The molecule has 3 aromatic rings. The number of pyridine rings is 1. The van der Waals surface area contributed by atoms with Crippen molar-refractivity contribution in [2.75, 3.05) is 5.32 Å². The highest BCUT2D eigenvalue weighted by Crippen LogP contribution is 2.43. The van der Waals surface area contributed by atoms with Crippen LogP contribution in [0.15, 0.2) is 12.1 Å². The molecule has 1 aliphatic rings. The first-order chi connectivity index (χ1) is 14.2. The van der Waals surface area contributed by atoms with Gasteiger partial charge in [0.1, 0.15) is 12.4 Å². The Kier molecular flexibility index (Phi) is 5.03. The summed E-state index contributed by atoms with van der Waals surface area (Å²) in [6, 6.07) is 2.89. The molecule has 0 saturated heterocycles. The molecule has 7 nitrogen and oxygen atoms in total. The number of alkyl halides is 3. The van der Waals surface area contributed by atoms with E-state index in [2.05, 4.69) is 20.5 Å². The van der Waals surface area contributed by atoms with Crippen molar-refractivity contribution in [2.45, 2.75) is 65.2 Å². The third-order valence-corrected chi connectivity index (χ3v) is 5.10. The number of anilines is 1. The van der Waals surface area contributed by atoms with Crippen LogP contribution in [0.2, 0.25) is 0 Å². The van der Waals surface area contributed by atoms with Crippen molar-refractivity contribution in [2.24, 2.45) is 0 Å². The molecule has 0 radical (unpaired) electrons. The molecule has 0 atom stereocenters. The number of nitrogens with one attached hydrogen (secondary N) is 1. The number of carbonyl (C=O) groups excluding carboxylic acids is 1. The van der Waals surface area contributed by atoms with E-state index in [1.54, 1.807) is 10.7 Å². The number of hydrogen-bond acceptors (Lipinski definition) is 4. The van der Waals surface area contributed by atoms with Gasteiger partial charge in [-0.1, -0.05) is 6.92 Å². The Labute approximate surface area is 171 Å². The van der Waals surface area contributed by atoms with E-state index >= 15 is 0 Å². The van der Waals surface area contributed by atoms with Gasteiger partial charge in [-0.15, -0.1) is 0 Å². The molecule has 3 aromatic heterocycles. The highest BCUT2D eigenvalue weighted by molar-refractivity contribution is 5.91. The molecule has 30 heavy (non-hydrogen) atoms. The predicted octanol–water partition coefficient (Wildman–Crippen LogP) is 4.19. The second kappa shape index (κ2) is 7.41. The fourth-order valence-corrected chi connectivity index (χ4v) is 3.64. The quantitative estimate of drug-likeness (QED) is 0.649. The van der Waals surface area contributed by atoms with Crippen molar-refractivity contribution in [3.63, 3.8) is 0 Å². The fraction of sp³-hybridized carbons (Fsp3) is 0.500. The van der Waals surface area contributed by atoms with E-state index in [1.165, 1.54) is 11.6 Å². The van der Waals surface area contributed by atoms with Gasteiger partial charge < -0.3 is 5.32 Å². The number of halogens is 3. The van der Waals surface area contributed by atoms with E-state index in [0.29, 0.717) is 18.1 Å². The van der Waals surface area contributed by atoms with Gasteiger partial charge in [-0.05, 0) is 39.2 Å². The van der Waals surface area contributed by atoms with Crippen LogP contribution in [0.3, 0.4) is 0 Å². The highest BCUT2D eigenvalue weighted by atomic mass is 19.4.